The number of methoxy groups -OCH3 is 1. The fourth-order valence-electron chi connectivity index (χ4n) is 5.19. The van der Waals surface area contributed by atoms with Crippen LogP contribution < -0.4 is 20.1 Å². The summed E-state index contributed by atoms with van der Waals surface area (Å²) in [4.78, 5) is 13.8. The van der Waals surface area contributed by atoms with E-state index in [-0.39, 0.29) is 24.8 Å². The molecular weight excluding hydrogens is 612 g/mol. The summed E-state index contributed by atoms with van der Waals surface area (Å²) in [5, 5.41) is 15.2. The lowest BCUT2D eigenvalue weighted by molar-refractivity contribution is -0.245. The number of anilines is 2. The number of aliphatic hydroxyl groups is 1. The van der Waals surface area contributed by atoms with Crippen molar-refractivity contribution in [3.05, 3.63) is 144 Å². The van der Waals surface area contributed by atoms with Crippen LogP contribution in [0.4, 0.5) is 16.2 Å². The van der Waals surface area contributed by atoms with Gasteiger partial charge in [0.15, 0.2) is 6.29 Å². The van der Waals surface area contributed by atoms with Gasteiger partial charge in [-0.05, 0) is 71.8 Å². The zero-order chi connectivity index (χ0) is 32.4. The molecule has 3 unspecified atom stereocenters. The smallest absolute Gasteiger partial charge is 0.323 e. The molecule has 3 N–H and O–H groups in total. The summed E-state index contributed by atoms with van der Waals surface area (Å²) in [6.07, 6.45) is -0.220. The average molecular weight is 649 g/mol. The highest BCUT2D eigenvalue weighted by atomic mass is 32.2. The van der Waals surface area contributed by atoms with Crippen molar-refractivity contribution in [1.82, 2.24) is 0 Å². The number of rotatable bonds is 11. The molecule has 1 heterocycles. The number of hydrogen-bond acceptors (Lipinski definition) is 7. The third-order valence-corrected chi connectivity index (χ3v) is 8.83. The standard InChI is InChI=1S/C38H36N2O6S/c1-43-34-9-5-6-10-36(34)47-25-33-23-35(27-13-11-26(24-41)12-14-27)46-37(45-33)28-15-17-29(18-16-28)39-38(42)40-30-19-21-32(22-20-30)44-31-7-3-2-4-8-31/h2-22,33,35,37,41H,23-25H2,1H3,(H2,39,40,42). The molecule has 0 spiro atoms. The molecule has 47 heavy (non-hydrogen) atoms. The van der Waals surface area contributed by atoms with Gasteiger partial charge in [-0.15, -0.1) is 11.8 Å². The average Bonchev–Trinajstić information content (AvgIpc) is 3.12. The van der Waals surface area contributed by atoms with Crippen LogP contribution in [0.1, 0.15) is 35.5 Å². The minimum atomic E-state index is -0.603. The number of amides is 2. The Morgan fingerprint density at radius 2 is 1.38 bits per heavy atom. The second kappa shape index (κ2) is 15.7. The van der Waals surface area contributed by atoms with E-state index >= 15 is 0 Å². The maximum atomic E-state index is 12.7. The van der Waals surface area contributed by atoms with E-state index in [2.05, 4.69) is 10.6 Å². The predicted molar refractivity (Wildman–Crippen MR) is 184 cm³/mol. The lowest BCUT2D eigenvalue weighted by Crippen LogP contribution is -2.31. The quantitative estimate of drug-likeness (QED) is 0.123. The van der Waals surface area contributed by atoms with E-state index in [1.165, 1.54) is 0 Å². The zero-order valence-electron chi connectivity index (χ0n) is 25.9. The van der Waals surface area contributed by atoms with Crippen molar-refractivity contribution in [3.63, 3.8) is 0 Å². The summed E-state index contributed by atoms with van der Waals surface area (Å²) in [6, 6.07) is 39.6. The molecule has 8 nitrogen and oxygen atoms in total. The number of benzene rings is 5. The van der Waals surface area contributed by atoms with Crippen LogP contribution in [-0.2, 0) is 16.1 Å². The molecule has 1 aliphatic rings. The second-order valence-corrected chi connectivity index (χ2v) is 12.0. The summed E-state index contributed by atoms with van der Waals surface area (Å²) in [7, 11) is 1.67. The van der Waals surface area contributed by atoms with E-state index in [0.29, 0.717) is 29.3 Å². The summed E-state index contributed by atoms with van der Waals surface area (Å²) in [5.41, 5.74) is 3.98. The van der Waals surface area contributed by atoms with Crippen molar-refractivity contribution in [2.45, 2.75) is 36.4 Å². The van der Waals surface area contributed by atoms with Gasteiger partial charge in [-0.1, -0.05) is 66.7 Å². The zero-order valence-corrected chi connectivity index (χ0v) is 26.7. The molecule has 1 saturated heterocycles. The van der Waals surface area contributed by atoms with Gasteiger partial charge in [-0.3, -0.25) is 0 Å². The lowest BCUT2D eigenvalue weighted by atomic mass is 10.0. The number of thioether (sulfide) groups is 1. The molecule has 3 atom stereocenters. The van der Waals surface area contributed by atoms with E-state index in [1.807, 2.05) is 103 Å². The number of urea groups is 1. The predicted octanol–water partition coefficient (Wildman–Crippen LogP) is 8.96. The molecule has 9 heteroatoms. The van der Waals surface area contributed by atoms with E-state index in [1.54, 1.807) is 43.1 Å². The number of para-hydroxylation sites is 2. The second-order valence-electron chi connectivity index (χ2n) is 11.0. The maximum Gasteiger partial charge on any atom is 0.323 e. The molecule has 0 bridgehead atoms. The van der Waals surface area contributed by atoms with Gasteiger partial charge in [0, 0.05) is 34.0 Å². The summed E-state index contributed by atoms with van der Waals surface area (Å²) >= 11 is 1.69. The van der Waals surface area contributed by atoms with Crippen LogP contribution in [0.15, 0.2) is 132 Å². The molecule has 5 aromatic rings. The van der Waals surface area contributed by atoms with Crippen molar-refractivity contribution in [2.24, 2.45) is 0 Å². The molecule has 0 radical (unpaired) electrons. The summed E-state index contributed by atoms with van der Waals surface area (Å²) < 4.78 is 24.3. The van der Waals surface area contributed by atoms with E-state index in [4.69, 9.17) is 18.9 Å². The van der Waals surface area contributed by atoms with Crippen molar-refractivity contribution < 1.29 is 28.8 Å². The first-order chi connectivity index (χ1) is 23.1. The van der Waals surface area contributed by atoms with E-state index < -0.39 is 6.29 Å². The number of nitrogens with one attached hydrogen (secondary N) is 2. The highest BCUT2D eigenvalue weighted by Gasteiger charge is 2.32. The fourth-order valence-corrected chi connectivity index (χ4v) is 6.24. The SMILES string of the molecule is COc1ccccc1SCC1CC(c2ccc(CO)cc2)OC(c2ccc(NC(=O)Nc3ccc(Oc4ccccc4)cc3)cc2)O1. The molecular formula is C38H36N2O6S. The highest BCUT2D eigenvalue weighted by molar-refractivity contribution is 7.99. The lowest BCUT2D eigenvalue weighted by Gasteiger charge is -2.36. The molecule has 6 rings (SSSR count). The monoisotopic (exact) mass is 648 g/mol. The van der Waals surface area contributed by atoms with Crippen molar-refractivity contribution >= 4 is 29.2 Å². The topological polar surface area (TPSA) is 98.3 Å². The fraction of sp³-hybridized carbons (Fsp3) is 0.184. The largest absolute Gasteiger partial charge is 0.496 e. The van der Waals surface area contributed by atoms with Gasteiger partial charge in [-0.25, -0.2) is 4.79 Å². The highest BCUT2D eigenvalue weighted by Crippen LogP contribution is 2.40. The normalized spacial score (nSPS) is 17.4. The Kier molecular flexibility index (Phi) is 10.7. The van der Waals surface area contributed by atoms with Crippen LogP contribution in [0, 0.1) is 0 Å². The third-order valence-electron chi connectivity index (χ3n) is 7.64. The van der Waals surface area contributed by atoms with E-state index in [0.717, 1.165) is 33.1 Å². The summed E-state index contributed by atoms with van der Waals surface area (Å²) in [5.74, 6) is 2.96. The Morgan fingerprint density at radius 3 is 2.06 bits per heavy atom. The van der Waals surface area contributed by atoms with Crippen LogP contribution in [-0.4, -0.2) is 30.1 Å². The van der Waals surface area contributed by atoms with Crippen LogP contribution >= 0.6 is 11.8 Å². The Hall–Kier alpha value is -4.80. The molecule has 0 aliphatic carbocycles. The third kappa shape index (κ3) is 8.72. The molecule has 0 saturated carbocycles. The molecule has 2 amide bonds. The minimum absolute atomic E-state index is 0.00981. The molecule has 240 valence electrons. The van der Waals surface area contributed by atoms with Crippen LogP contribution in [0.25, 0.3) is 0 Å². The van der Waals surface area contributed by atoms with E-state index in [9.17, 15) is 9.90 Å². The Morgan fingerprint density at radius 1 is 0.766 bits per heavy atom. The van der Waals surface area contributed by atoms with Gasteiger partial charge in [0.05, 0.1) is 25.9 Å². The first-order valence-electron chi connectivity index (χ1n) is 15.3. The molecule has 1 aliphatic heterocycles. The van der Waals surface area contributed by atoms with Crippen molar-refractivity contribution in [1.29, 1.82) is 0 Å². The van der Waals surface area contributed by atoms with Crippen molar-refractivity contribution in [2.75, 3.05) is 23.5 Å². The van der Waals surface area contributed by atoms with Crippen LogP contribution in [0.2, 0.25) is 0 Å². The number of ether oxygens (including phenoxy) is 4. The Bertz CT molecular complexity index is 1730. The van der Waals surface area contributed by atoms with Gasteiger partial charge in [-0.2, -0.15) is 0 Å². The van der Waals surface area contributed by atoms with Gasteiger partial charge in [0.2, 0.25) is 0 Å². The molecule has 0 aromatic heterocycles. The maximum absolute atomic E-state index is 12.7. The van der Waals surface area contributed by atoms with Gasteiger partial charge in [0.1, 0.15) is 17.2 Å². The van der Waals surface area contributed by atoms with Gasteiger partial charge < -0.3 is 34.7 Å². The van der Waals surface area contributed by atoms with Crippen LogP contribution in [0.5, 0.6) is 17.2 Å². The number of carbonyl (C=O) groups excluding carboxylic acids is 1. The first-order valence-corrected chi connectivity index (χ1v) is 16.3. The number of aliphatic hydroxyl groups excluding tert-OH is 1. The number of hydrogen-bond donors (Lipinski definition) is 3. The first kappa shape index (κ1) is 32.2. The van der Waals surface area contributed by atoms with Crippen LogP contribution in [0.3, 0.4) is 0 Å². The van der Waals surface area contributed by atoms with Gasteiger partial charge in [0.25, 0.3) is 0 Å². The Labute approximate surface area is 278 Å². The molecule has 1 fully saturated rings. The van der Waals surface area contributed by atoms with Gasteiger partial charge >= 0.3 is 6.03 Å². The minimum Gasteiger partial charge on any atom is -0.496 e. The Balaban J connectivity index is 1.09. The van der Waals surface area contributed by atoms with Crippen molar-refractivity contribution in [3.8, 4) is 17.2 Å². The molecule has 5 aromatic carbocycles. The summed E-state index contributed by atoms with van der Waals surface area (Å²) in [6.45, 7) is -0.00981. The number of carbonyl (C=O) groups is 1.